The van der Waals surface area contributed by atoms with Gasteiger partial charge in [0.15, 0.2) is 0 Å². The van der Waals surface area contributed by atoms with Crippen LogP contribution in [0.25, 0.3) is 11.1 Å². The molecule has 1 N–H and O–H groups in total. The first-order valence-electron chi connectivity index (χ1n) is 7.87. The van der Waals surface area contributed by atoms with Crippen LogP contribution < -0.4 is 5.32 Å². The maximum absolute atomic E-state index is 14.1. The van der Waals surface area contributed by atoms with E-state index in [1.165, 1.54) is 18.4 Å². The van der Waals surface area contributed by atoms with Crippen molar-refractivity contribution in [3.05, 3.63) is 59.4 Å². The highest BCUT2D eigenvalue weighted by Gasteiger charge is 2.20. The van der Waals surface area contributed by atoms with E-state index < -0.39 is 0 Å². The van der Waals surface area contributed by atoms with Crippen molar-refractivity contribution in [3.8, 4) is 11.1 Å². The molecule has 0 aliphatic heterocycles. The largest absolute Gasteiger partial charge is 0.310 e. The summed E-state index contributed by atoms with van der Waals surface area (Å²) >= 11 is 0. The van der Waals surface area contributed by atoms with Crippen LogP contribution in [0.5, 0.6) is 0 Å². The lowest BCUT2D eigenvalue weighted by molar-refractivity contribution is 0.628. The van der Waals surface area contributed by atoms with Crippen LogP contribution in [-0.4, -0.2) is 6.04 Å². The highest BCUT2D eigenvalue weighted by molar-refractivity contribution is 5.65. The lowest BCUT2D eigenvalue weighted by Gasteiger charge is -2.09. The Morgan fingerprint density at radius 2 is 1.76 bits per heavy atom. The Hall–Kier alpha value is -1.67. The SMILES string of the molecule is CCCc1ccc(-c2cc(CNC3CC3)ccc2F)cc1. The second-order valence-corrected chi connectivity index (χ2v) is 5.92. The maximum Gasteiger partial charge on any atom is 0.131 e. The minimum Gasteiger partial charge on any atom is -0.310 e. The van der Waals surface area contributed by atoms with Crippen molar-refractivity contribution in [3.63, 3.8) is 0 Å². The Balaban J connectivity index is 1.80. The Morgan fingerprint density at radius 3 is 2.43 bits per heavy atom. The lowest BCUT2D eigenvalue weighted by atomic mass is 10.00. The van der Waals surface area contributed by atoms with Gasteiger partial charge in [-0.3, -0.25) is 0 Å². The first-order chi connectivity index (χ1) is 10.3. The molecule has 21 heavy (non-hydrogen) atoms. The van der Waals surface area contributed by atoms with Gasteiger partial charge < -0.3 is 5.32 Å². The third-order valence-corrected chi connectivity index (χ3v) is 4.01. The van der Waals surface area contributed by atoms with Crippen molar-refractivity contribution in [2.45, 2.75) is 45.2 Å². The van der Waals surface area contributed by atoms with Gasteiger partial charge in [-0.2, -0.15) is 0 Å². The van der Waals surface area contributed by atoms with Crippen LogP contribution in [0, 0.1) is 5.82 Å². The smallest absolute Gasteiger partial charge is 0.131 e. The fourth-order valence-corrected chi connectivity index (χ4v) is 2.59. The summed E-state index contributed by atoms with van der Waals surface area (Å²) in [4.78, 5) is 0. The third-order valence-electron chi connectivity index (χ3n) is 4.01. The standard InChI is InChI=1S/C19H22FN/c1-2-3-14-4-7-16(8-5-14)18-12-15(6-11-19(18)20)13-21-17-9-10-17/h4-8,11-12,17,21H,2-3,9-10,13H2,1H3. The van der Waals surface area contributed by atoms with E-state index in [9.17, 15) is 4.39 Å². The molecule has 1 aliphatic rings. The van der Waals surface area contributed by atoms with Gasteiger partial charge >= 0.3 is 0 Å². The van der Waals surface area contributed by atoms with Crippen molar-refractivity contribution >= 4 is 0 Å². The van der Waals surface area contributed by atoms with E-state index in [-0.39, 0.29) is 5.82 Å². The fourth-order valence-electron chi connectivity index (χ4n) is 2.59. The summed E-state index contributed by atoms with van der Waals surface area (Å²) in [6.45, 7) is 3.00. The third kappa shape index (κ3) is 3.70. The van der Waals surface area contributed by atoms with E-state index in [0.29, 0.717) is 11.6 Å². The zero-order valence-electron chi connectivity index (χ0n) is 12.5. The zero-order chi connectivity index (χ0) is 14.7. The van der Waals surface area contributed by atoms with E-state index in [1.54, 1.807) is 6.07 Å². The molecule has 1 aliphatic carbocycles. The summed E-state index contributed by atoms with van der Waals surface area (Å²) in [5.74, 6) is -0.145. The normalized spacial score (nSPS) is 14.4. The molecule has 0 bridgehead atoms. The summed E-state index contributed by atoms with van der Waals surface area (Å²) < 4.78 is 14.1. The number of benzene rings is 2. The minimum absolute atomic E-state index is 0.145. The summed E-state index contributed by atoms with van der Waals surface area (Å²) in [5.41, 5.74) is 4.12. The number of hydrogen-bond donors (Lipinski definition) is 1. The van der Waals surface area contributed by atoms with Crippen molar-refractivity contribution in [2.24, 2.45) is 0 Å². The van der Waals surface area contributed by atoms with E-state index >= 15 is 0 Å². The van der Waals surface area contributed by atoms with Gasteiger partial charge in [-0.15, -0.1) is 0 Å². The molecular weight excluding hydrogens is 261 g/mol. The number of halogens is 1. The van der Waals surface area contributed by atoms with Gasteiger partial charge in [-0.05, 0) is 48.1 Å². The molecule has 0 saturated heterocycles. The molecular formula is C19H22FN. The Morgan fingerprint density at radius 1 is 1.05 bits per heavy atom. The molecule has 0 unspecified atom stereocenters. The first-order valence-corrected chi connectivity index (χ1v) is 7.87. The van der Waals surface area contributed by atoms with Gasteiger partial charge in [0.05, 0.1) is 0 Å². The van der Waals surface area contributed by atoms with Gasteiger partial charge in [0.25, 0.3) is 0 Å². The zero-order valence-corrected chi connectivity index (χ0v) is 12.5. The van der Waals surface area contributed by atoms with Gasteiger partial charge in [-0.1, -0.05) is 43.7 Å². The fraction of sp³-hybridized carbons (Fsp3) is 0.368. The molecule has 2 aromatic carbocycles. The van der Waals surface area contributed by atoms with Crippen molar-refractivity contribution in [1.29, 1.82) is 0 Å². The number of aryl methyl sites for hydroxylation is 1. The van der Waals surface area contributed by atoms with E-state index in [4.69, 9.17) is 0 Å². The average molecular weight is 283 g/mol. The van der Waals surface area contributed by atoms with Crippen LogP contribution in [0.15, 0.2) is 42.5 Å². The molecule has 1 nitrogen and oxygen atoms in total. The second-order valence-electron chi connectivity index (χ2n) is 5.92. The maximum atomic E-state index is 14.1. The molecule has 110 valence electrons. The molecule has 0 aromatic heterocycles. The quantitative estimate of drug-likeness (QED) is 0.810. The van der Waals surface area contributed by atoms with Crippen molar-refractivity contribution < 1.29 is 4.39 Å². The van der Waals surface area contributed by atoms with Crippen LogP contribution in [0.1, 0.15) is 37.3 Å². The molecule has 2 heteroatoms. The van der Waals surface area contributed by atoms with Gasteiger partial charge in [0.2, 0.25) is 0 Å². The molecule has 1 saturated carbocycles. The van der Waals surface area contributed by atoms with Crippen molar-refractivity contribution in [1.82, 2.24) is 5.32 Å². The summed E-state index contributed by atoms with van der Waals surface area (Å²) in [6, 6.07) is 14.4. The van der Waals surface area contributed by atoms with Gasteiger partial charge in [0, 0.05) is 18.2 Å². The molecule has 1 fully saturated rings. The average Bonchev–Trinajstić information content (AvgIpc) is 3.32. The predicted molar refractivity (Wildman–Crippen MR) is 85.7 cm³/mol. The minimum atomic E-state index is -0.145. The molecule has 0 amide bonds. The van der Waals surface area contributed by atoms with E-state index in [1.807, 2.05) is 24.3 Å². The molecule has 0 heterocycles. The highest BCUT2D eigenvalue weighted by atomic mass is 19.1. The summed E-state index contributed by atoms with van der Waals surface area (Å²) in [6.07, 6.45) is 4.75. The topological polar surface area (TPSA) is 12.0 Å². The number of rotatable bonds is 6. The van der Waals surface area contributed by atoms with Crippen LogP contribution in [0.4, 0.5) is 4.39 Å². The highest BCUT2D eigenvalue weighted by Crippen LogP contribution is 2.25. The van der Waals surface area contributed by atoms with Gasteiger partial charge in [0.1, 0.15) is 5.82 Å². The monoisotopic (exact) mass is 283 g/mol. The van der Waals surface area contributed by atoms with Crippen LogP contribution >= 0.6 is 0 Å². The van der Waals surface area contributed by atoms with Crippen molar-refractivity contribution in [2.75, 3.05) is 0 Å². The molecule has 0 spiro atoms. The Bertz CT molecular complexity index is 599. The second kappa shape index (κ2) is 6.40. The van der Waals surface area contributed by atoms with Gasteiger partial charge in [-0.25, -0.2) is 4.39 Å². The van der Waals surface area contributed by atoms with Crippen LogP contribution in [-0.2, 0) is 13.0 Å². The lowest BCUT2D eigenvalue weighted by Crippen LogP contribution is -2.15. The molecule has 3 rings (SSSR count). The van der Waals surface area contributed by atoms with Crippen LogP contribution in [0.2, 0.25) is 0 Å². The predicted octanol–water partition coefficient (Wildman–Crippen LogP) is 4.70. The molecule has 0 atom stereocenters. The summed E-state index contributed by atoms with van der Waals surface area (Å²) in [7, 11) is 0. The first kappa shape index (κ1) is 14.3. The van der Waals surface area contributed by atoms with E-state index in [2.05, 4.69) is 24.4 Å². The summed E-state index contributed by atoms with van der Waals surface area (Å²) in [5, 5.41) is 3.47. The number of nitrogens with one attached hydrogen (secondary N) is 1. The Kier molecular flexibility index (Phi) is 4.35. The Labute approximate surface area is 126 Å². The van der Waals surface area contributed by atoms with E-state index in [0.717, 1.165) is 30.5 Å². The molecule has 2 aromatic rings. The molecule has 0 radical (unpaired) electrons. The van der Waals surface area contributed by atoms with Crippen LogP contribution in [0.3, 0.4) is 0 Å². The number of hydrogen-bond acceptors (Lipinski definition) is 1.